The first kappa shape index (κ1) is 19.2. The Morgan fingerprint density at radius 2 is 1.68 bits per heavy atom. The Bertz CT molecular complexity index is 1020. The SMILES string of the molecule is CC(=O)c1cccc(Nc2ncnc(Nc3ccccc3C(F)(F)F)c2N)c1. The van der Waals surface area contributed by atoms with Crippen LogP contribution in [-0.4, -0.2) is 15.8 Å². The van der Waals surface area contributed by atoms with E-state index >= 15 is 0 Å². The zero-order valence-corrected chi connectivity index (χ0v) is 14.7. The number of hydrogen-bond donors (Lipinski definition) is 3. The first-order chi connectivity index (χ1) is 13.3. The smallest absolute Gasteiger partial charge is 0.393 e. The van der Waals surface area contributed by atoms with Crippen molar-refractivity contribution in [2.75, 3.05) is 16.4 Å². The second-order valence-corrected chi connectivity index (χ2v) is 5.91. The van der Waals surface area contributed by atoms with Crippen molar-refractivity contribution >= 4 is 34.5 Å². The van der Waals surface area contributed by atoms with Gasteiger partial charge in [0.1, 0.15) is 12.0 Å². The van der Waals surface area contributed by atoms with Crippen molar-refractivity contribution in [3.05, 3.63) is 66.0 Å². The number of benzene rings is 2. The van der Waals surface area contributed by atoms with Crippen molar-refractivity contribution in [3.8, 4) is 0 Å². The molecule has 0 aliphatic rings. The van der Waals surface area contributed by atoms with Gasteiger partial charge in [-0.1, -0.05) is 24.3 Å². The summed E-state index contributed by atoms with van der Waals surface area (Å²) in [5.74, 6) is 0.116. The highest BCUT2D eigenvalue weighted by molar-refractivity contribution is 5.95. The van der Waals surface area contributed by atoms with E-state index in [-0.39, 0.29) is 28.8 Å². The van der Waals surface area contributed by atoms with E-state index in [0.29, 0.717) is 11.3 Å². The number of nitrogens with one attached hydrogen (secondary N) is 2. The Morgan fingerprint density at radius 3 is 2.36 bits per heavy atom. The molecule has 0 fully saturated rings. The van der Waals surface area contributed by atoms with Gasteiger partial charge in [-0.2, -0.15) is 13.2 Å². The zero-order chi connectivity index (χ0) is 20.3. The van der Waals surface area contributed by atoms with E-state index in [0.717, 1.165) is 6.07 Å². The van der Waals surface area contributed by atoms with Crippen LogP contribution in [0.1, 0.15) is 22.8 Å². The lowest BCUT2D eigenvalue weighted by atomic mass is 10.1. The van der Waals surface area contributed by atoms with Gasteiger partial charge in [-0.05, 0) is 31.2 Å². The molecule has 9 heteroatoms. The standard InChI is InChI=1S/C19H16F3N5O/c1-11(28)12-5-4-6-13(9-12)26-17-16(23)18(25-10-24-17)27-15-8-3-2-7-14(15)19(20,21)22/h2-10H,23H2,1H3,(H2,24,25,26,27). The van der Waals surface area contributed by atoms with Gasteiger partial charge in [0.05, 0.1) is 11.3 Å². The van der Waals surface area contributed by atoms with Gasteiger partial charge in [-0.25, -0.2) is 9.97 Å². The van der Waals surface area contributed by atoms with Crippen molar-refractivity contribution in [1.29, 1.82) is 0 Å². The number of nitrogens with two attached hydrogens (primary N) is 1. The Balaban J connectivity index is 1.91. The van der Waals surface area contributed by atoms with Crippen LogP contribution in [0.3, 0.4) is 0 Å². The molecule has 0 bridgehead atoms. The van der Waals surface area contributed by atoms with E-state index in [1.807, 2.05) is 0 Å². The van der Waals surface area contributed by atoms with E-state index in [9.17, 15) is 18.0 Å². The van der Waals surface area contributed by atoms with Gasteiger partial charge < -0.3 is 16.4 Å². The number of para-hydroxylation sites is 1. The largest absolute Gasteiger partial charge is 0.418 e. The number of Topliss-reactive ketones (excluding diaryl/α,β-unsaturated/α-hetero) is 1. The summed E-state index contributed by atoms with van der Waals surface area (Å²) in [4.78, 5) is 19.5. The van der Waals surface area contributed by atoms with Gasteiger partial charge >= 0.3 is 6.18 Å². The summed E-state index contributed by atoms with van der Waals surface area (Å²) in [5, 5.41) is 5.56. The Hall–Kier alpha value is -3.62. The summed E-state index contributed by atoms with van der Waals surface area (Å²) in [6.07, 6.45) is -3.36. The molecule has 6 nitrogen and oxygen atoms in total. The van der Waals surface area contributed by atoms with Gasteiger partial charge in [0.25, 0.3) is 0 Å². The highest BCUT2D eigenvalue weighted by atomic mass is 19.4. The number of hydrogen-bond acceptors (Lipinski definition) is 6. The number of alkyl halides is 3. The number of aromatic nitrogens is 2. The topological polar surface area (TPSA) is 92.9 Å². The van der Waals surface area contributed by atoms with Crippen LogP contribution >= 0.6 is 0 Å². The molecule has 0 aliphatic heterocycles. The fourth-order valence-electron chi connectivity index (χ4n) is 2.51. The third-order valence-electron chi connectivity index (χ3n) is 3.90. The van der Waals surface area contributed by atoms with Crippen molar-refractivity contribution in [2.24, 2.45) is 0 Å². The van der Waals surface area contributed by atoms with E-state index in [4.69, 9.17) is 5.73 Å². The lowest BCUT2D eigenvalue weighted by Crippen LogP contribution is -2.10. The van der Waals surface area contributed by atoms with Gasteiger partial charge in [-0.3, -0.25) is 4.79 Å². The molecule has 144 valence electrons. The number of nitrogen functional groups attached to an aromatic ring is 1. The number of carbonyl (C=O) groups is 1. The van der Waals surface area contributed by atoms with Crippen LogP contribution in [0.15, 0.2) is 54.9 Å². The Morgan fingerprint density at radius 1 is 1.00 bits per heavy atom. The molecule has 0 amide bonds. The van der Waals surface area contributed by atoms with Gasteiger partial charge in [0, 0.05) is 11.3 Å². The molecule has 0 radical (unpaired) electrons. The highest BCUT2D eigenvalue weighted by Gasteiger charge is 2.33. The number of halogens is 3. The Kier molecular flexibility index (Phi) is 5.16. The van der Waals surface area contributed by atoms with Crippen LogP contribution in [0.25, 0.3) is 0 Å². The summed E-state index contributed by atoms with van der Waals surface area (Å²) in [6.45, 7) is 1.44. The summed E-state index contributed by atoms with van der Waals surface area (Å²) < 4.78 is 39.5. The molecule has 3 aromatic rings. The maximum atomic E-state index is 13.2. The van der Waals surface area contributed by atoms with E-state index in [1.54, 1.807) is 24.3 Å². The minimum atomic E-state index is -4.53. The quantitative estimate of drug-likeness (QED) is 0.546. The monoisotopic (exact) mass is 387 g/mol. The summed E-state index contributed by atoms with van der Waals surface area (Å²) >= 11 is 0. The van der Waals surface area contributed by atoms with Crippen LogP contribution in [0.4, 0.5) is 41.9 Å². The molecule has 1 heterocycles. The molecule has 0 aliphatic carbocycles. The average molecular weight is 387 g/mol. The van der Waals surface area contributed by atoms with Crippen LogP contribution in [-0.2, 0) is 6.18 Å². The molecule has 0 saturated heterocycles. The first-order valence-electron chi connectivity index (χ1n) is 8.17. The predicted molar refractivity (Wildman–Crippen MR) is 101 cm³/mol. The molecule has 0 spiro atoms. The summed E-state index contributed by atoms with van der Waals surface area (Å²) in [7, 11) is 0. The Labute approximate surface area is 158 Å². The predicted octanol–water partition coefficient (Wildman–Crippen LogP) is 4.77. The molecule has 28 heavy (non-hydrogen) atoms. The molecule has 0 saturated carbocycles. The number of nitrogens with zero attached hydrogens (tertiary/aromatic N) is 2. The molecule has 3 rings (SSSR count). The molecule has 0 atom stereocenters. The van der Waals surface area contributed by atoms with E-state index < -0.39 is 11.7 Å². The van der Waals surface area contributed by atoms with Crippen LogP contribution in [0, 0.1) is 0 Å². The van der Waals surface area contributed by atoms with Crippen molar-refractivity contribution < 1.29 is 18.0 Å². The fraction of sp³-hybridized carbons (Fsp3) is 0.105. The maximum Gasteiger partial charge on any atom is 0.418 e. The third kappa shape index (κ3) is 4.20. The zero-order valence-electron chi connectivity index (χ0n) is 14.7. The van der Waals surface area contributed by atoms with Crippen LogP contribution in [0.2, 0.25) is 0 Å². The van der Waals surface area contributed by atoms with Crippen molar-refractivity contribution in [2.45, 2.75) is 13.1 Å². The first-order valence-corrected chi connectivity index (χ1v) is 8.17. The normalized spacial score (nSPS) is 11.1. The lowest BCUT2D eigenvalue weighted by molar-refractivity contribution is -0.136. The van der Waals surface area contributed by atoms with Gasteiger partial charge in [-0.15, -0.1) is 0 Å². The van der Waals surface area contributed by atoms with Crippen LogP contribution < -0.4 is 16.4 Å². The van der Waals surface area contributed by atoms with Crippen LogP contribution in [0.5, 0.6) is 0 Å². The molecule has 0 unspecified atom stereocenters. The number of anilines is 5. The number of carbonyl (C=O) groups excluding carboxylic acids is 1. The van der Waals surface area contributed by atoms with Gasteiger partial charge in [0.15, 0.2) is 17.4 Å². The fourth-order valence-corrected chi connectivity index (χ4v) is 2.51. The molecular weight excluding hydrogens is 371 g/mol. The summed E-state index contributed by atoms with van der Waals surface area (Å²) in [5.41, 5.74) is 6.11. The van der Waals surface area contributed by atoms with Crippen molar-refractivity contribution in [1.82, 2.24) is 9.97 Å². The minimum absolute atomic E-state index is 0.0249. The second kappa shape index (κ2) is 7.55. The molecule has 1 aromatic heterocycles. The average Bonchev–Trinajstić information content (AvgIpc) is 2.65. The van der Waals surface area contributed by atoms with Gasteiger partial charge in [0.2, 0.25) is 0 Å². The number of ketones is 1. The second-order valence-electron chi connectivity index (χ2n) is 5.91. The molecule has 2 aromatic carbocycles. The summed E-state index contributed by atoms with van der Waals surface area (Å²) in [6, 6.07) is 11.7. The van der Waals surface area contributed by atoms with E-state index in [1.165, 1.54) is 31.5 Å². The lowest BCUT2D eigenvalue weighted by Gasteiger charge is -2.16. The van der Waals surface area contributed by atoms with E-state index in [2.05, 4.69) is 20.6 Å². The highest BCUT2D eigenvalue weighted by Crippen LogP contribution is 2.37. The third-order valence-corrected chi connectivity index (χ3v) is 3.90. The minimum Gasteiger partial charge on any atom is -0.393 e. The molecular formula is C19H16F3N5O. The number of rotatable bonds is 5. The van der Waals surface area contributed by atoms with Crippen molar-refractivity contribution in [3.63, 3.8) is 0 Å². The maximum absolute atomic E-state index is 13.2. The molecule has 4 N–H and O–H groups in total.